The van der Waals surface area contributed by atoms with Crippen LogP contribution in [-0.4, -0.2) is 45.6 Å². The Hall–Kier alpha value is -1.15. The van der Waals surface area contributed by atoms with Gasteiger partial charge in [-0.1, -0.05) is 19.9 Å². The predicted octanol–water partition coefficient (Wildman–Crippen LogP) is 1.60. The maximum absolute atomic E-state index is 12.5. The van der Waals surface area contributed by atoms with Crippen molar-refractivity contribution in [3.63, 3.8) is 0 Å². The zero-order valence-corrected chi connectivity index (χ0v) is 13.6. The molecule has 0 amide bonds. The van der Waals surface area contributed by atoms with Gasteiger partial charge < -0.3 is 14.5 Å². The van der Waals surface area contributed by atoms with Crippen molar-refractivity contribution >= 4 is 10.0 Å². The second kappa shape index (κ2) is 8.33. The lowest BCUT2D eigenvalue weighted by Crippen LogP contribution is -2.33. The molecule has 0 saturated heterocycles. The molecule has 1 aromatic heterocycles. The third-order valence-corrected chi connectivity index (χ3v) is 4.53. The van der Waals surface area contributed by atoms with Crippen LogP contribution in [0.1, 0.15) is 19.6 Å². The van der Waals surface area contributed by atoms with Crippen molar-refractivity contribution in [2.45, 2.75) is 31.5 Å². The van der Waals surface area contributed by atoms with Crippen LogP contribution < -0.4 is 5.32 Å². The van der Waals surface area contributed by atoms with E-state index in [-0.39, 0.29) is 18.2 Å². The molecule has 0 aliphatic heterocycles. The summed E-state index contributed by atoms with van der Waals surface area (Å²) in [6.45, 7) is 8.88. The molecule has 0 radical (unpaired) electrons. The smallest absolute Gasteiger partial charge is 0.276 e. The van der Waals surface area contributed by atoms with Crippen LogP contribution in [0.25, 0.3) is 0 Å². The molecule has 7 heteroatoms. The fourth-order valence-corrected chi connectivity index (χ4v) is 2.99. The lowest BCUT2D eigenvalue weighted by molar-refractivity contribution is 0.181. The highest BCUT2D eigenvalue weighted by Gasteiger charge is 2.26. The highest BCUT2D eigenvalue weighted by Crippen LogP contribution is 2.19. The lowest BCUT2D eigenvalue weighted by Gasteiger charge is -2.18. The van der Waals surface area contributed by atoms with Gasteiger partial charge in [-0.15, -0.1) is 6.58 Å². The first-order valence-electron chi connectivity index (χ1n) is 6.84. The fourth-order valence-electron chi connectivity index (χ4n) is 1.67. The number of hydrogen-bond donors (Lipinski definition) is 1. The summed E-state index contributed by atoms with van der Waals surface area (Å²) in [5, 5.41) is 3.12. The van der Waals surface area contributed by atoms with Gasteiger partial charge in [-0.05, 0) is 12.1 Å². The number of hydrogen-bond acceptors (Lipinski definition) is 5. The molecule has 6 nitrogen and oxygen atoms in total. The molecule has 1 aromatic rings. The molecular weight excluding hydrogens is 292 g/mol. The first kappa shape index (κ1) is 17.9. The van der Waals surface area contributed by atoms with Crippen LogP contribution >= 0.6 is 0 Å². The van der Waals surface area contributed by atoms with Gasteiger partial charge in [0.05, 0.1) is 13.2 Å². The van der Waals surface area contributed by atoms with E-state index < -0.39 is 10.0 Å². The predicted molar refractivity (Wildman–Crippen MR) is 81.5 cm³/mol. The molecule has 0 bridgehead atoms. The highest BCUT2D eigenvalue weighted by atomic mass is 32.2. The molecule has 1 N–H and O–H groups in total. The van der Waals surface area contributed by atoms with Crippen LogP contribution in [0.4, 0.5) is 0 Å². The second-order valence-electron chi connectivity index (χ2n) is 4.90. The Bertz CT molecular complexity index is 537. The summed E-state index contributed by atoms with van der Waals surface area (Å²) in [6, 6.07) is 3.45. The number of ether oxygens (including phenoxy) is 1. The zero-order valence-electron chi connectivity index (χ0n) is 12.8. The van der Waals surface area contributed by atoms with E-state index in [1.165, 1.54) is 23.6 Å². The number of rotatable bonds is 10. The van der Waals surface area contributed by atoms with E-state index in [0.717, 1.165) is 0 Å². The second-order valence-corrected chi connectivity index (χ2v) is 6.77. The molecule has 1 heterocycles. The molecule has 21 heavy (non-hydrogen) atoms. The molecule has 0 fully saturated rings. The van der Waals surface area contributed by atoms with Crippen LogP contribution in [0.3, 0.4) is 0 Å². The van der Waals surface area contributed by atoms with Gasteiger partial charge in [-0.2, -0.15) is 4.31 Å². The zero-order chi connectivity index (χ0) is 15.9. The summed E-state index contributed by atoms with van der Waals surface area (Å²) >= 11 is 0. The number of nitrogens with one attached hydrogen (secondary N) is 1. The van der Waals surface area contributed by atoms with E-state index in [9.17, 15) is 8.42 Å². The van der Waals surface area contributed by atoms with Crippen molar-refractivity contribution < 1.29 is 17.6 Å². The van der Waals surface area contributed by atoms with Gasteiger partial charge in [0.15, 0.2) is 0 Å². The Morgan fingerprint density at radius 2 is 2.19 bits per heavy atom. The first-order valence-corrected chi connectivity index (χ1v) is 8.28. The van der Waals surface area contributed by atoms with Crippen molar-refractivity contribution in [1.29, 1.82) is 0 Å². The van der Waals surface area contributed by atoms with Crippen molar-refractivity contribution in [3.05, 3.63) is 30.5 Å². The molecule has 0 atom stereocenters. The number of sulfonamides is 1. The number of nitrogens with zero attached hydrogens (tertiary/aromatic N) is 1. The molecule has 0 aliphatic carbocycles. The summed E-state index contributed by atoms with van der Waals surface area (Å²) < 4.78 is 36.6. The Kier molecular flexibility index (Phi) is 7.10. The minimum atomic E-state index is -3.67. The normalized spacial score (nSPS) is 12.2. The standard InChI is InChI=1S/C14H24N2O4S/c1-5-8-16(9-10-19-4)21(17,18)14-7-6-13(20-14)11-15-12(2)3/h5-7,12,15H,1,8-11H2,2-4H3. The van der Waals surface area contributed by atoms with Crippen LogP contribution in [0.2, 0.25) is 0 Å². The van der Waals surface area contributed by atoms with Gasteiger partial charge in [-0.3, -0.25) is 0 Å². The summed E-state index contributed by atoms with van der Waals surface area (Å²) in [5.74, 6) is 0.590. The molecule has 0 aliphatic rings. The van der Waals surface area contributed by atoms with Gasteiger partial charge in [0.25, 0.3) is 10.0 Å². The van der Waals surface area contributed by atoms with E-state index in [1.807, 2.05) is 13.8 Å². The van der Waals surface area contributed by atoms with Crippen molar-refractivity contribution in [2.75, 3.05) is 26.8 Å². The fraction of sp³-hybridized carbons (Fsp3) is 0.571. The highest BCUT2D eigenvalue weighted by molar-refractivity contribution is 7.89. The third-order valence-electron chi connectivity index (χ3n) is 2.79. The maximum Gasteiger partial charge on any atom is 0.276 e. The minimum Gasteiger partial charge on any atom is -0.447 e. The van der Waals surface area contributed by atoms with Crippen molar-refractivity contribution in [2.24, 2.45) is 0 Å². The Morgan fingerprint density at radius 1 is 1.48 bits per heavy atom. The van der Waals surface area contributed by atoms with Gasteiger partial charge >= 0.3 is 0 Å². The van der Waals surface area contributed by atoms with E-state index in [0.29, 0.717) is 25.0 Å². The van der Waals surface area contributed by atoms with Gasteiger partial charge in [0.1, 0.15) is 5.76 Å². The molecule has 120 valence electrons. The SMILES string of the molecule is C=CCN(CCOC)S(=O)(=O)c1ccc(CNC(C)C)o1. The summed E-state index contributed by atoms with van der Waals surface area (Å²) in [4.78, 5) is 0. The van der Waals surface area contributed by atoms with Gasteiger partial charge in [-0.25, -0.2) is 8.42 Å². The number of furan rings is 1. The van der Waals surface area contributed by atoms with Gasteiger partial charge in [0, 0.05) is 26.2 Å². The quantitative estimate of drug-likeness (QED) is 0.664. The Labute approximate surface area is 126 Å². The van der Waals surface area contributed by atoms with Crippen molar-refractivity contribution in [1.82, 2.24) is 9.62 Å². The Balaban J connectivity index is 2.86. The summed E-state index contributed by atoms with van der Waals surface area (Å²) in [5.41, 5.74) is 0. The van der Waals surface area contributed by atoms with Crippen LogP contribution in [0.5, 0.6) is 0 Å². The molecule has 1 rings (SSSR count). The molecule has 0 spiro atoms. The van der Waals surface area contributed by atoms with E-state index in [1.54, 1.807) is 6.07 Å². The van der Waals surface area contributed by atoms with Crippen LogP contribution in [0.15, 0.2) is 34.3 Å². The number of methoxy groups -OCH3 is 1. The lowest BCUT2D eigenvalue weighted by atomic mass is 10.3. The maximum atomic E-state index is 12.5. The van der Waals surface area contributed by atoms with E-state index in [2.05, 4.69) is 11.9 Å². The summed E-state index contributed by atoms with van der Waals surface area (Å²) in [6.07, 6.45) is 1.54. The molecular formula is C14H24N2O4S. The van der Waals surface area contributed by atoms with Crippen molar-refractivity contribution in [3.8, 4) is 0 Å². The van der Waals surface area contributed by atoms with Gasteiger partial charge in [0.2, 0.25) is 5.09 Å². The van der Waals surface area contributed by atoms with E-state index in [4.69, 9.17) is 9.15 Å². The monoisotopic (exact) mass is 316 g/mol. The summed E-state index contributed by atoms with van der Waals surface area (Å²) in [7, 11) is -2.14. The average molecular weight is 316 g/mol. The largest absolute Gasteiger partial charge is 0.447 e. The third kappa shape index (κ3) is 5.28. The molecule has 0 unspecified atom stereocenters. The first-order chi connectivity index (χ1) is 9.91. The molecule has 0 aromatic carbocycles. The van der Waals surface area contributed by atoms with E-state index >= 15 is 0 Å². The van der Waals surface area contributed by atoms with Crippen LogP contribution in [0, 0.1) is 0 Å². The Morgan fingerprint density at radius 3 is 2.76 bits per heavy atom. The topological polar surface area (TPSA) is 71.8 Å². The minimum absolute atomic E-state index is 0.0546. The average Bonchev–Trinajstić information content (AvgIpc) is 2.90. The van der Waals surface area contributed by atoms with Crippen LogP contribution in [-0.2, 0) is 21.3 Å². The molecule has 0 saturated carbocycles.